The van der Waals surface area contributed by atoms with E-state index < -0.39 is 82.6 Å². The first-order valence-corrected chi connectivity index (χ1v) is 24.2. The minimum absolute atomic E-state index is 0.0100. The van der Waals surface area contributed by atoms with E-state index in [1.807, 2.05) is 0 Å². The molecule has 1 heterocycles. The van der Waals surface area contributed by atoms with E-state index in [4.69, 9.17) is 54.3 Å². The van der Waals surface area contributed by atoms with Gasteiger partial charge in [0, 0.05) is 52.7 Å². The smallest absolute Gasteiger partial charge is 0.274 e. The Bertz CT molecular complexity index is 2350. The molecule has 3 aromatic rings. The van der Waals surface area contributed by atoms with Crippen LogP contribution in [0.4, 0.5) is 11.6 Å². The lowest BCUT2D eigenvalue weighted by atomic mass is 10.0. The average Bonchev–Trinajstić information content (AvgIpc) is 3.37. The van der Waals surface area contributed by atoms with E-state index in [0.29, 0.717) is 70.2 Å². The number of aromatic hydroxyl groups is 2. The fourth-order valence-corrected chi connectivity index (χ4v) is 6.90. The summed E-state index contributed by atoms with van der Waals surface area (Å²) in [5.41, 5.74) is 39.6. The Kier molecular flexibility index (Phi) is 27.4. The summed E-state index contributed by atoms with van der Waals surface area (Å²) in [5.74, 6) is -6.31. The molecule has 6 amide bonds. The molecule has 4 atom stereocenters. The van der Waals surface area contributed by atoms with E-state index in [1.54, 1.807) is 12.1 Å². The number of likely N-dealkylation sites (N-methyl/N-ethyl adjacent to an activating group) is 1. The fourth-order valence-electron chi connectivity index (χ4n) is 6.90. The summed E-state index contributed by atoms with van der Waals surface area (Å²) >= 11 is 0. The number of phenolic OH excluding ortho intramolecular Hbond substituents is 2. The van der Waals surface area contributed by atoms with Crippen LogP contribution < -0.4 is 72.0 Å². The summed E-state index contributed by atoms with van der Waals surface area (Å²) in [6, 6.07) is 6.87. The number of nitrogen functional groups attached to an aromatic ring is 2. The molecule has 3 rings (SSSR count). The van der Waals surface area contributed by atoms with Crippen LogP contribution in [0.3, 0.4) is 0 Å². The highest BCUT2D eigenvalue weighted by Crippen LogP contribution is 2.17. The van der Waals surface area contributed by atoms with Crippen molar-refractivity contribution in [1.29, 1.82) is 0 Å². The Hall–Kier alpha value is -8.08. The Morgan fingerprint density at radius 1 is 0.547 bits per heavy atom. The molecule has 0 fully saturated rings. The van der Waals surface area contributed by atoms with Crippen molar-refractivity contribution in [1.82, 2.24) is 41.9 Å². The van der Waals surface area contributed by atoms with Crippen LogP contribution in [0.5, 0.6) is 11.5 Å². The first-order chi connectivity index (χ1) is 35.9. The molecule has 0 saturated carbocycles. The zero-order chi connectivity index (χ0) is 55.1. The first-order valence-electron chi connectivity index (χ1n) is 24.2. The summed E-state index contributed by atoms with van der Waals surface area (Å²) in [4.78, 5) is 98.0. The summed E-state index contributed by atoms with van der Waals surface area (Å²) < 4.78 is 16.5. The van der Waals surface area contributed by atoms with Crippen molar-refractivity contribution in [2.75, 3.05) is 84.3 Å². The van der Waals surface area contributed by atoms with Crippen molar-refractivity contribution >= 4 is 59.0 Å². The van der Waals surface area contributed by atoms with Crippen LogP contribution >= 0.6 is 0 Å². The van der Waals surface area contributed by atoms with Gasteiger partial charge in [-0.05, 0) is 80.5 Å². The standard InChI is InChI=1S/C47H73N17O11/c1-55-40(67)32(6-2-17-57-46(51)52)59-43(70)35(27-29-10-14-31(66)15-11-29)62-45(72)37-39(50)63-36(38(49)64-37)44(71)60-33(7-3-18-58-47(53)54)42(69)61-34(26-28-8-12-30(65)13-9-28)41(68)56-19-5-21-74-23-25-75-24-22-73-20-4-16-48/h8-15,32-35,65-66H,2-7,16-27,48H2,1H3,(H2,49,64)(H2,50,63)(H,55,67)(H,56,68)(H,59,70)(H,60,71)(H,61,69)(H,62,72)(H4,51,52,57)(H4,53,54,58)/t32-,33-,34-,35-/m0/s1. The number of phenols is 2. The highest BCUT2D eigenvalue weighted by Gasteiger charge is 2.31. The van der Waals surface area contributed by atoms with E-state index in [-0.39, 0.29) is 75.2 Å². The molecule has 0 aliphatic heterocycles. The minimum Gasteiger partial charge on any atom is -0.508 e. The Labute approximate surface area is 434 Å². The predicted octanol–water partition coefficient (Wildman–Crippen LogP) is -3.54. The van der Waals surface area contributed by atoms with Gasteiger partial charge in [-0.15, -0.1) is 0 Å². The number of nitrogens with one attached hydrogen (secondary N) is 6. The summed E-state index contributed by atoms with van der Waals surface area (Å²) in [6.45, 7) is 3.40. The molecule has 22 N–H and O–H groups in total. The van der Waals surface area contributed by atoms with Crippen LogP contribution in [0.25, 0.3) is 0 Å². The van der Waals surface area contributed by atoms with Crippen molar-refractivity contribution in [2.24, 2.45) is 38.7 Å². The van der Waals surface area contributed by atoms with Crippen molar-refractivity contribution in [3.63, 3.8) is 0 Å². The third-order valence-electron chi connectivity index (χ3n) is 10.8. The van der Waals surface area contributed by atoms with Gasteiger partial charge < -0.3 is 96.5 Å². The van der Waals surface area contributed by atoms with E-state index in [1.165, 1.54) is 43.4 Å². The summed E-state index contributed by atoms with van der Waals surface area (Å²) in [5, 5.41) is 35.4. The maximum Gasteiger partial charge on any atom is 0.274 e. The Morgan fingerprint density at radius 3 is 1.40 bits per heavy atom. The maximum atomic E-state index is 14.1. The normalized spacial score (nSPS) is 12.5. The van der Waals surface area contributed by atoms with Gasteiger partial charge in [0.15, 0.2) is 34.9 Å². The number of hydrogen-bond donors (Lipinski definition) is 15. The van der Waals surface area contributed by atoms with Gasteiger partial charge in [-0.3, -0.25) is 38.8 Å². The van der Waals surface area contributed by atoms with E-state index >= 15 is 0 Å². The molecular formula is C47H73N17O11. The van der Waals surface area contributed by atoms with Crippen LogP contribution in [0.2, 0.25) is 0 Å². The van der Waals surface area contributed by atoms with Crippen molar-refractivity contribution < 1.29 is 53.2 Å². The van der Waals surface area contributed by atoms with Gasteiger partial charge in [0.25, 0.3) is 11.8 Å². The van der Waals surface area contributed by atoms with Crippen LogP contribution in [0, 0.1) is 0 Å². The molecule has 412 valence electrons. The molecule has 0 saturated heterocycles. The lowest BCUT2D eigenvalue weighted by molar-refractivity contribution is -0.130. The molecule has 0 aliphatic rings. The topological polar surface area (TPSA) is 475 Å². The van der Waals surface area contributed by atoms with Gasteiger partial charge in [-0.1, -0.05) is 24.3 Å². The number of carbonyl (C=O) groups is 6. The predicted molar refractivity (Wildman–Crippen MR) is 278 cm³/mol. The van der Waals surface area contributed by atoms with Gasteiger partial charge >= 0.3 is 0 Å². The second kappa shape index (κ2) is 33.6. The number of ether oxygens (including phenoxy) is 3. The lowest BCUT2D eigenvalue weighted by Crippen LogP contribution is -2.54. The number of nitrogens with two attached hydrogens (primary N) is 7. The number of aromatic nitrogens is 2. The average molecular weight is 1050 g/mol. The van der Waals surface area contributed by atoms with Crippen LogP contribution in [0.1, 0.15) is 70.6 Å². The lowest BCUT2D eigenvalue weighted by Gasteiger charge is -2.24. The quantitative estimate of drug-likeness (QED) is 0.0154. The van der Waals surface area contributed by atoms with Gasteiger partial charge in [0.2, 0.25) is 23.6 Å². The van der Waals surface area contributed by atoms with E-state index in [2.05, 4.69) is 51.9 Å². The van der Waals surface area contributed by atoms with Gasteiger partial charge in [-0.2, -0.15) is 0 Å². The number of guanidine groups is 2. The monoisotopic (exact) mass is 1050 g/mol. The van der Waals surface area contributed by atoms with E-state index in [9.17, 15) is 39.0 Å². The number of amides is 6. The van der Waals surface area contributed by atoms with Crippen molar-refractivity contribution in [2.45, 2.75) is 75.5 Å². The molecule has 0 bridgehead atoms. The number of anilines is 2. The molecular weight excluding hydrogens is 979 g/mol. The molecule has 28 nitrogen and oxygen atoms in total. The third kappa shape index (κ3) is 23.6. The van der Waals surface area contributed by atoms with E-state index in [0.717, 1.165) is 6.42 Å². The Balaban J connectivity index is 1.79. The number of carbonyl (C=O) groups excluding carboxylic acids is 6. The van der Waals surface area contributed by atoms with Gasteiger partial charge in [-0.25, -0.2) is 9.97 Å². The number of hydrogen-bond acceptors (Lipinski definition) is 18. The zero-order valence-corrected chi connectivity index (χ0v) is 42.1. The van der Waals surface area contributed by atoms with Gasteiger partial charge in [0.05, 0.1) is 26.4 Å². The second-order valence-corrected chi connectivity index (χ2v) is 16.7. The number of rotatable bonds is 35. The summed E-state index contributed by atoms with van der Waals surface area (Å²) in [7, 11) is 1.39. The number of benzene rings is 2. The highest BCUT2D eigenvalue weighted by molar-refractivity contribution is 6.03. The molecule has 28 heteroatoms. The van der Waals surface area contributed by atoms with Gasteiger partial charge in [0.1, 0.15) is 35.7 Å². The number of nitrogens with zero attached hydrogens (tertiary/aromatic N) is 4. The summed E-state index contributed by atoms with van der Waals surface area (Å²) in [6.07, 6.45) is 1.59. The van der Waals surface area contributed by atoms with Crippen molar-refractivity contribution in [3.8, 4) is 11.5 Å². The third-order valence-corrected chi connectivity index (χ3v) is 10.8. The molecule has 0 unspecified atom stereocenters. The molecule has 2 aromatic carbocycles. The fraction of sp³-hybridized carbons (Fsp3) is 0.489. The highest BCUT2D eigenvalue weighted by atomic mass is 16.5. The molecule has 75 heavy (non-hydrogen) atoms. The number of aliphatic imine (C=N–C) groups is 2. The minimum atomic E-state index is -1.37. The molecule has 0 spiro atoms. The van der Waals surface area contributed by atoms with Crippen LogP contribution in [-0.2, 0) is 46.2 Å². The zero-order valence-electron chi connectivity index (χ0n) is 42.1. The Morgan fingerprint density at radius 2 is 0.947 bits per heavy atom. The SMILES string of the molecule is CNC(=O)[C@H](CCCN=C(N)N)NC(=O)[C@H](Cc1ccc(O)cc1)NC(=O)c1nc(N)c(C(=O)N[C@@H](CCCN=C(N)N)C(=O)N[C@@H](Cc2ccc(O)cc2)C(=O)NCCCOCCOCCOCCCN)nc1N. The molecule has 1 aromatic heterocycles. The maximum absolute atomic E-state index is 14.1. The van der Waals surface area contributed by atoms with Crippen molar-refractivity contribution in [3.05, 3.63) is 71.0 Å². The van der Waals surface area contributed by atoms with Crippen LogP contribution in [0.15, 0.2) is 58.5 Å². The van der Waals surface area contributed by atoms with Crippen LogP contribution in [-0.4, -0.2) is 165 Å². The molecule has 0 aliphatic carbocycles. The second-order valence-electron chi connectivity index (χ2n) is 16.7. The molecule has 0 radical (unpaired) electrons. The first kappa shape index (κ1) is 61.2. The largest absolute Gasteiger partial charge is 0.508 e.